The highest BCUT2D eigenvalue weighted by molar-refractivity contribution is 5.87. The number of hydrogen-bond donors (Lipinski definition) is 2. The fourth-order valence-electron chi connectivity index (χ4n) is 3.43. The van der Waals surface area contributed by atoms with E-state index in [2.05, 4.69) is 21.4 Å². The van der Waals surface area contributed by atoms with Crippen LogP contribution < -0.4 is 5.32 Å². The van der Waals surface area contributed by atoms with Gasteiger partial charge in [-0.1, -0.05) is 36.9 Å². The molecule has 2 N–H and O–H groups in total. The summed E-state index contributed by atoms with van der Waals surface area (Å²) >= 11 is 0. The van der Waals surface area contributed by atoms with Gasteiger partial charge >= 0.3 is 5.97 Å². The molecule has 0 aliphatic heterocycles. The van der Waals surface area contributed by atoms with Crippen molar-refractivity contribution in [3.63, 3.8) is 0 Å². The second kappa shape index (κ2) is 8.75. The Kier molecular flexibility index (Phi) is 5.71. The predicted molar refractivity (Wildman–Crippen MR) is 119 cm³/mol. The Bertz CT molecular complexity index is 1190. The number of nitrogens with one attached hydrogen (secondary N) is 1. The highest BCUT2D eigenvalue weighted by Crippen LogP contribution is 2.22. The molecule has 6 heteroatoms. The van der Waals surface area contributed by atoms with E-state index in [-0.39, 0.29) is 11.6 Å². The summed E-state index contributed by atoms with van der Waals surface area (Å²) in [5.41, 5.74) is 4.72. The van der Waals surface area contributed by atoms with Crippen molar-refractivity contribution in [2.24, 2.45) is 0 Å². The number of hydrogen-bond acceptors (Lipinski definition) is 4. The van der Waals surface area contributed by atoms with Gasteiger partial charge in [0, 0.05) is 17.8 Å². The molecular weight excluding hydrogens is 390 g/mol. The Morgan fingerprint density at radius 3 is 2.58 bits per heavy atom. The number of aromatic carboxylic acids is 1. The number of carboxylic acid groups (broad SMARTS) is 1. The third kappa shape index (κ3) is 4.59. The van der Waals surface area contributed by atoms with Crippen molar-refractivity contribution >= 4 is 11.7 Å². The van der Waals surface area contributed by atoms with E-state index < -0.39 is 5.97 Å². The molecular formula is C25H23N3O3. The Labute approximate surface area is 180 Å². The van der Waals surface area contributed by atoms with Gasteiger partial charge in [-0.3, -0.25) is 0 Å². The van der Waals surface area contributed by atoms with Gasteiger partial charge < -0.3 is 19.4 Å². The zero-order chi connectivity index (χ0) is 21.8. The molecule has 0 saturated carbocycles. The Morgan fingerprint density at radius 2 is 1.87 bits per heavy atom. The molecule has 0 fully saturated rings. The Morgan fingerprint density at radius 1 is 1.13 bits per heavy atom. The summed E-state index contributed by atoms with van der Waals surface area (Å²) < 4.78 is 7.70. The van der Waals surface area contributed by atoms with Gasteiger partial charge in [-0.2, -0.15) is 0 Å². The lowest BCUT2D eigenvalue weighted by atomic mass is 10.1. The van der Waals surface area contributed by atoms with Crippen LogP contribution in [0, 0.1) is 0 Å². The van der Waals surface area contributed by atoms with Crippen molar-refractivity contribution < 1.29 is 14.3 Å². The fraction of sp³-hybridized carbons (Fsp3) is 0.120. The summed E-state index contributed by atoms with van der Waals surface area (Å²) in [4.78, 5) is 15.6. The maximum Gasteiger partial charge on any atom is 0.335 e. The maximum absolute atomic E-state index is 11.0. The second-order valence-electron chi connectivity index (χ2n) is 7.30. The van der Waals surface area contributed by atoms with Crippen molar-refractivity contribution in [3.8, 4) is 11.5 Å². The summed E-state index contributed by atoms with van der Waals surface area (Å²) in [7, 11) is 0. The summed E-state index contributed by atoms with van der Waals surface area (Å²) in [5.74, 6) is -0.336. The number of carboxylic acids is 1. The topological polar surface area (TPSA) is 80.3 Å². The molecule has 156 valence electrons. The third-order valence-electron chi connectivity index (χ3n) is 5.09. The number of carbonyl (C=O) groups is 1. The molecule has 0 radical (unpaired) electrons. The van der Waals surface area contributed by atoms with E-state index in [1.54, 1.807) is 18.4 Å². The van der Waals surface area contributed by atoms with Crippen molar-refractivity contribution in [2.75, 3.05) is 0 Å². The monoisotopic (exact) mass is 413 g/mol. The molecule has 2 aromatic carbocycles. The maximum atomic E-state index is 11.0. The van der Waals surface area contributed by atoms with Crippen molar-refractivity contribution in [1.82, 2.24) is 14.9 Å². The summed E-state index contributed by atoms with van der Waals surface area (Å²) in [6, 6.07) is 20.6. The van der Waals surface area contributed by atoms with E-state index in [1.165, 1.54) is 0 Å². The standard InChI is InChI=1S/C25H23N3O3/c1-17(19-10-12-21(13-11-19)25(29)30)26-18(2)23-9-6-14-28(23)15-22-16-31-24(27-22)20-7-4-3-5-8-20/h3-14,16-17,26H,2,15H2,1H3,(H,29,30)/t17-/m0/s1. The van der Waals surface area contributed by atoms with Gasteiger partial charge in [-0.15, -0.1) is 0 Å². The average molecular weight is 413 g/mol. The second-order valence-corrected chi connectivity index (χ2v) is 7.30. The SMILES string of the molecule is C=C(N[C@@H](C)c1ccc(C(=O)O)cc1)c1cccn1Cc1coc(-c2ccccc2)n1. The molecule has 0 saturated heterocycles. The van der Waals surface area contributed by atoms with Crippen molar-refractivity contribution in [2.45, 2.75) is 19.5 Å². The van der Waals surface area contributed by atoms with Crippen LogP contribution in [0.15, 0.2) is 90.2 Å². The molecule has 2 heterocycles. The van der Waals surface area contributed by atoms with Crippen LogP contribution in [0.4, 0.5) is 0 Å². The summed E-state index contributed by atoms with van der Waals surface area (Å²) in [5, 5.41) is 12.5. The van der Waals surface area contributed by atoms with E-state index in [0.717, 1.165) is 28.2 Å². The Balaban J connectivity index is 1.45. The molecule has 0 aliphatic rings. The lowest BCUT2D eigenvalue weighted by Gasteiger charge is -2.19. The fourth-order valence-corrected chi connectivity index (χ4v) is 3.43. The quantitative estimate of drug-likeness (QED) is 0.414. The molecule has 0 amide bonds. The first-order valence-corrected chi connectivity index (χ1v) is 9.95. The van der Waals surface area contributed by atoms with Gasteiger partial charge in [0.25, 0.3) is 0 Å². The Hall–Kier alpha value is -4.06. The van der Waals surface area contributed by atoms with Crippen LogP contribution >= 0.6 is 0 Å². The number of nitrogens with zero attached hydrogens (tertiary/aromatic N) is 2. The molecule has 0 bridgehead atoms. The minimum atomic E-state index is -0.933. The van der Waals surface area contributed by atoms with Crippen LogP contribution in [0.2, 0.25) is 0 Å². The lowest BCUT2D eigenvalue weighted by molar-refractivity contribution is 0.0697. The van der Waals surface area contributed by atoms with E-state index in [4.69, 9.17) is 9.52 Å². The van der Waals surface area contributed by atoms with E-state index in [1.807, 2.05) is 67.7 Å². The average Bonchev–Trinajstić information content (AvgIpc) is 3.44. The van der Waals surface area contributed by atoms with Crippen LogP contribution in [-0.2, 0) is 6.54 Å². The van der Waals surface area contributed by atoms with Crippen LogP contribution in [-0.4, -0.2) is 20.6 Å². The zero-order valence-corrected chi connectivity index (χ0v) is 17.2. The minimum absolute atomic E-state index is 0.0320. The third-order valence-corrected chi connectivity index (χ3v) is 5.09. The highest BCUT2D eigenvalue weighted by atomic mass is 16.4. The first-order valence-electron chi connectivity index (χ1n) is 9.95. The smallest absolute Gasteiger partial charge is 0.335 e. The van der Waals surface area contributed by atoms with Crippen LogP contribution in [0.5, 0.6) is 0 Å². The number of rotatable bonds is 8. The van der Waals surface area contributed by atoms with Gasteiger partial charge in [0.15, 0.2) is 0 Å². The lowest BCUT2D eigenvalue weighted by Crippen LogP contribution is -2.18. The van der Waals surface area contributed by atoms with Crippen molar-refractivity contribution in [1.29, 1.82) is 0 Å². The van der Waals surface area contributed by atoms with Crippen LogP contribution in [0.1, 0.15) is 40.3 Å². The van der Waals surface area contributed by atoms with E-state index in [0.29, 0.717) is 12.4 Å². The summed E-state index contributed by atoms with van der Waals surface area (Å²) in [6.07, 6.45) is 3.65. The predicted octanol–water partition coefficient (Wildman–Crippen LogP) is 5.21. The summed E-state index contributed by atoms with van der Waals surface area (Å²) in [6.45, 7) is 6.76. The molecule has 0 aliphatic carbocycles. The van der Waals surface area contributed by atoms with Gasteiger partial charge in [0.2, 0.25) is 5.89 Å². The van der Waals surface area contributed by atoms with Gasteiger partial charge in [0.05, 0.1) is 29.2 Å². The highest BCUT2D eigenvalue weighted by Gasteiger charge is 2.13. The van der Waals surface area contributed by atoms with Gasteiger partial charge in [0.1, 0.15) is 6.26 Å². The van der Waals surface area contributed by atoms with Crippen LogP contribution in [0.25, 0.3) is 17.2 Å². The largest absolute Gasteiger partial charge is 0.478 e. The molecule has 31 heavy (non-hydrogen) atoms. The molecule has 0 unspecified atom stereocenters. The number of aromatic nitrogens is 2. The van der Waals surface area contributed by atoms with Crippen molar-refractivity contribution in [3.05, 3.63) is 108 Å². The van der Waals surface area contributed by atoms with Gasteiger partial charge in [-0.25, -0.2) is 9.78 Å². The van der Waals surface area contributed by atoms with Gasteiger partial charge in [-0.05, 0) is 48.9 Å². The molecule has 0 spiro atoms. The van der Waals surface area contributed by atoms with Crippen LogP contribution in [0.3, 0.4) is 0 Å². The van der Waals surface area contributed by atoms with E-state index in [9.17, 15) is 4.79 Å². The molecule has 2 aromatic heterocycles. The molecule has 4 aromatic rings. The van der Waals surface area contributed by atoms with E-state index >= 15 is 0 Å². The first-order chi connectivity index (χ1) is 15.0. The normalized spacial score (nSPS) is 11.8. The first kappa shape index (κ1) is 20.2. The molecule has 6 nitrogen and oxygen atoms in total. The molecule has 1 atom stereocenters. The number of oxazole rings is 1. The number of benzene rings is 2. The zero-order valence-electron chi connectivity index (χ0n) is 17.2. The minimum Gasteiger partial charge on any atom is -0.478 e. The molecule has 4 rings (SSSR count).